The molecule has 0 bridgehead atoms. The Morgan fingerprint density at radius 2 is 2.10 bits per heavy atom. The van der Waals surface area contributed by atoms with Crippen molar-refractivity contribution in [3.8, 4) is 0 Å². The van der Waals surface area contributed by atoms with Crippen LogP contribution < -0.4 is 10.6 Å². The quantitative estimate of drug-likeness (QED) is 0.902. The molecule has 3 rings (SSSR count). The van der Waals surface area contributed by atoms with Crippen molar-refractivity contribution < 1.29 is 0 Å². The van der Waals surface area contributed by atoms with Gasteiger partial charge in [-0.1, -0.05) is 28.9 Å². The van der Waals surface area contributed by atoms with Gasteiger partial charge in [0.15, 0.2) is 5.96 Å². The van der Waals surface area contributed by atoms with E-state index in [0.29, 0.717) is 5.96 Å². The summed E-state index contributed by atoms with van der Waals surface area (Å²) in [5.41, 5.74) is 7.40. The van der Waals surface area contributed by atoms with Crippen molar-refractivity contribution >= 4 is 27.6 Å². The molecule has 1 fully saturated rings. The van der Waals surface area contributed by atoms with Gasteiger partial charge < -0.3 is 15.5 Å². The monoisotopic (exact) mass is 336 g/mol. The minimum absolute atomic E-state index is 0.0799. The maximum absolute atomic E-state index is 6.18. The summed E-state index contributed by atoms with van der Waals surface area (Å²) < 4.78 is 1.08. The normalized spacial score (nSPS) is 22.3. The van der Waals surface area contributed by atoms with Crippen molar-refractivity contribution in [1.29, 1.82) is 0 Å². The lowest BCUT2D eigenvalue weighted by atomic mass is 9.86. The first-order valence-electron chi connectivity index (χ1n) is 7.23. The molecule has 0 aromatic heterocycles. The Hall–Kier alpha value is -1.07. The Bertz CT molecular complexity index is 520. The lowest BCUT2D eigenvalue weighted by molar-refractivity contribution is 0.178. The molecule has 1 aromatic rings. The molecule has 5 heteroatoms. The molecule has 2 aliphatic rings. The van der Waals surface area contributed by atoms with Gasteiger partial charge in [-0.2, -0.15) is 0 Å². The standard InChI is InChI=1S/C15H21BrN4/c1-2-19-8-6-15(7-9-19)11-18-14(17)20(15)13-5-3-4-12(16)10-13/h3-5,10H,2,6-9,11H2,1H3,(H2,17,18). The number of aliphatic imine (C=N–C) groups is 1. The molecular weight excluding hydrogens is 316 g/mol. The Morgan fingerprint density at radius 1 is 1.35 bits per heavy atom. The highest BCUT2D eigenvalue weighted by Gasteiger charge is 2.44. The maximum atomic E-state index is 6.18. The number of likely N-dealkylation sites (tertiary alicyclic amines) is 1. The topological polar surface area (TPSA) is 44.9 Å². The van der Waals surface area contributed by atoms with E-state index in [0.717, 1.165) is 49.2 Å². The Kier molecular flexibility index (Phi) is 3.73. The summed E-state index contributed by atoms with van der Waals surface area (Å²) in [6.45, 7) is 6.43. The second-order valence-electron chi connectivity index (χ2n) is 5.65. The number of nitrogens with two attached hydrogens (primary N) is 1. The van der Waals surface area contributed by atoms with Crippen LogP contribution in [0.25, 0.3) is 0 Å². The van der Waals surface area contributed by atoms with Crippen molar-refractivity contribution in [2.75, 3.05) is 31.1 Å². The number of anilines is 1. The van der Waals surface area contributed by atoms with Gasteiger partial charge in [-0.25, -0.2) is 0 Å². The molecule has 0 saturated carbocycles. The number of piperidine rings is 1. The third-order valence-corrected chi connectivity index (χ3v) is 5.03. The van der Waals surface area contributed by atoms with E-state index in [1.54, 1.807) is 0 Å². The van der Waals surface area contributed by atoms with Crippen molar-refractivity contribution in [3.05, 3.63) is 28.7 Å². The van der Waals surface area contributed by atoms with Crippen molar-refractivity contribution in [2.45, 2.75) is 25.3 Å². The van der Waals surface area contributed by atoms with E-state index in [9.17, 15) is 0 Å². The Labute approximate surface area is 128 Å². The predicted molar refractivity (Wildman–Crippen MR) is 87.2 cm³/mol. The summed E-state index contributed by atoms with van der Waals surface area (Å²) in [6, 6.07) is 8.34. The van der Waals surface area contributed by atoms with Gasteiger partial charge in [-0.05, 0) is 37.6 Å². The lowest BCUT2D eigenvalue weighted by Crippen LogP contribution is -2.57. The van der Waals surface area contributed by atoms with Crippen molar-refractivity contribution in [2.24, 2.45) is 10.7 Å². The summed E-state index contributed by atoms with van der Waals surface area (Å²) >= 11 is 3.55. The zero-order chi connectivity index (χ0) is 14.2. The van der Waals surface area contributed by atoms with Gasteiger partial charge in [0.2, 0.25) is 0 Å². The van der Waals surface area contributed by atoms with Gasteiger partial charge in [-0.3, -0.25) is 4.99 Å². The summed E-state index contributed by atoms with van der Waals surface area (Å²) in [5.74, 6) is 0.660. The Balaban J connectivity index is 1.89. The third kappa shape index (κ3) is 2.33. The molecule has 1 aromatic carbocycles. The number of hydrogen-bond acceptors (Lipinski definition) is 4. The van der Waals surface area contributed by atoms with Crippen LogP contribution in [-0.4, -0.2) is 42.6 Å². The highest BCUT2D eigenvalue weighted by atomic mass is 79.9. The van der Waals surface area contributed by atoms with Gasteiger partial charge in [0.1, 0.15) is 0 Å². The van der Waals surface area contributed by atoms with Gasteiger partial charge >= 0.3 is 0 Å². The van der Waals surface area contributed by atoms with Gasteiger partial charge in [0.05, 0.1) is 12.1 Å². The summed E-state index contributed by atoms with van der Waals surface area (Å²) in [7, 11) is 0. The van der Waals surface area contributed by atoms with Gasteiger partial charge in [0, 0.05) is 23.2 Å². The van der Waals surface area contributed by atoms with E-state index in [2.05, 4.69) is 55.8 Å². The molecule has 108 valence electrons. The smallest absolute Gasteiger partial charge is 0.196 e. The van der Waals surface area contributed by atoms with Crippen LogP contribution >= 0.6 is 15.9 Å². The Morgan fingerprint density at radius 3 is 2.75 bits per heavy atom. The minimum Gasteiger partial charge on any atom is -0.369 e. The molecule has 2 aliphatic heterocycles. The lowest BCUT2D eigenvalue weighted by Gasteiger charge is -2.45. The number of hydrogen-bond donors (Lipinski definition) is 1. The van der Waals surface area contributed by atoms with Crippen molar-refractivity contribution in [3.63, 3.8) is 0 Å². The first kappa shape index (κ1) is 13.9. The van der Waals surface area contributed by atoms with Crippen LogP contribution in [0.4, 0.5) is 5.69 Å². The molecule has 0 atom stereocenters. The third-order valence-electron chi connectivity index (χ3n) is 4.54. The molecule has 2 heterocycles. The fraction of sp³-hybridized carbons (Fsp3) is 0.533. The van der Waals surface area contributed by atoms with E-state index in [1.807, 2.05) is 6.07 Å². The molecule has 20 heavy (non-hydrogen) atoms. The van der Waals surface area contributed by atoms with Gasteiger partial charge in [0.25, 0.3) is 0 Å². The van der Waals surface area contributed by atoms with Crippen LogP contribution in [0, 0.1) is 0 Å². The molecule has 2 N–H and O–H groups in total. The second kappa shape index (κ2) is 5.37. The highest BCUT2D eigenvalue weighted by molar-refractivity contribution is 9.10. The maximum Gasteiger partial charge on any atom is 0.196 e. The predicted octanol–water partition coefficient (Wildman–Crippen LogP) is 2.44. The molecule has 0 amide bonds. The molecule has 0 radical (unpaired) electrons. The number of benzene rings is 1. The highest BCUT2D eigenvalue weighted by Crippen LogP contribution is 2.37. The largest absolute Gasteiger partial charge is 0.369 e. The summed E-state index contributed by atoms with van der Waals surface area (Å²) in [6.07, 6.45) is 2.25. The van der Waals surface area contributed by atoms with Crippen molar-refractivity contribution in [1.82, 2.24) is 4.90 Å². The number of rotatable bonds is 2. The second-order valence-corrected chi connectivity index (χ2v) is 6.56. The van der Waals surface area contributed by atoms with E-state index in [1.165, 1.54) is 0 Å². The average Bonchev–Trinajstić information content (AvgIpc) is 2.77. The zero-order valence-corrected chi connectivity index (χ0v) is 13.4. The number of nitrogens with zero attached hydrogens (tertiary/aromatic N) is 3. The molecule has 1 saturated heterocycles. The molecule has 0 aliphatic carbocycles. The minimum atomic E-state index is 0.0799. The van der Waals surface area contributed by atoms with Crippen LogP contribution in [0.15, 0.2) is 33.7 Å². The molecular formula is C15H21BrN4. The van der Waals surface area contributed by atoms with E-state index < -0.39 is 0 Å². The van der Waals surface area contributed by atoms with Crippen LogP contribution in [0.3, 0.4) is 0 Å². The fourth-order valence-corrected chi connectivity index (χ4v) is 3.69. The first-order chi connectivity index (χ1) is 9.64. The van der Waals surface area contributed by atoms with Crippen LogP contribution in [-0.2, 0) is 0 Å². The van der Waals surface area contributed by atoms with E-state index in [-0.39, 0.29) is 5.54 Å². The van der Waals surface area contributed by atoms with Gasteiger partial charge in [-0.15, -0.1) is 0 Å². The molecule has 1 spiro atoms. The van der Waals surface area contributed by atoms with Crippen LogP contribution in [0.1, 0.15) is 19.8 Å². The average molecular weight is 337 g/mol. The number of halogens is 1. The zero-order valence-electron chi connectivity index (χ0n) is 11.8. The number of guanidine groups is 1. The van der Waals surface area contributed by atoms with Crippen LogP contribution in [0.2, 0.25) is 0 Å². The van der Waals surface area contributed by atoms with E-state index >= 15 is 0 Å². The SMILES string of the molecule is CCN1CCC2(CC1)CN=C(N)N2c1cccc(Br)c1. The summed E-state index contributed by atoms with van der Waals surface area (Å²) in [4.78, 5) is 9.29. The summed E-state index contributed by atoms with van der Waals surface area (Å²) in [5, 5.41) is 0. The first-order valence-corrected chi connectivity index (χ1v) is 8.02. The van der Waals surface area contributed by atoms with Crippen LogP contribution in [0.5, 0.6) is 0 Å². The fourth-order valence-electron chi connectivity index (χ4n) is 3.30. The molecule has 4 nitrogen and oxygen atoms in total. The molecule has 0 unspecified atom stereocenters. The van der Waals surface area contributed by atoms with E-state index in [4.69, 9.17) is 5.73 Å².